The van der Waals surface area contributed by atoms with Gasteiger partial charge in [0, 0.05) is 29.1 Å². The standard InChI is InChI=1S/C26H18Cl2N8O3/c27-21-12-6-16(14-22(21)28)23-13-11-20(39-23)15-29-35-26-33-24(30-17-4-2-1-3-5-17)32-25(34-26)31-18-7-9-19(10-8-18)36(37)38/h1-15H,(H3,30,31,32,33,34,35). The Balaban J connectivity index is 1.35. The van der Waals surface area contributed by atoms with E-state index in [0.717, 1.165) is 11.3 Å². The lowest BCUT2D eigenvalue weighted by molar-refractivity contribution is -0.384. The summed E-state index contributed by atoms with van der Waals surface area (Å²) in [5.41, 5.74) is 4.84. The summed E-state index contributed by atoms with van der Waals surface area (Å²) < 4.78 is 5.82. The average Bonchev–Trinajstić information content (AvgIpc) is 3.40. The van der Waals surface area contributed by atoms with E-state index >= 15 is 0 Å². The van der Waals surface area contributed by atoms with Gasteiger partial charge in [0.1, 0.15) is 11.5 Å². The van der Waals surface area contributed by atoms with Crippen molar-refractivity contribution >= 4 is 64.3 Å². The Hall–Kier alpha value is -5.00. The van der Waals surface area contributed by atoms with Crippen molar-refractivity contribution < 1.29 is 9.34 Å². The van der Waals surface area contributed by atoms with Crippen molar-refractivity contribution in [1.82, 2.24) is 15.0 Å². The first-order chi connectivity index (χ1) is 18.9. The maximum absolute atomic E-state index is 10.9. The number of para-hydroxylation sites is 1. The molecule has 0 fully saturated rings. The molecule has 0 saturated heterocycles. The first-order valence-electron chi connectivity index (χ1n) is 11.4. The van der Waals surface area contributed by atoms with Crippen LogP contribution in [-0.2, 0) is 0 Å². The lowest BCUT2D eigenvalue weighted by Gasteiger charge is -2.10. The molecule has 13 heteroatoms. The molecule has 0 saturated carbocycles. The van der Waals surface area contributed by atoms with Gasteiger partial charge in [-0.25, -0.2) is 5.43 Å². The topological polar surface area (TPSA) is 143 Å². The molecule has 0 bridgehead atoms. The van der Waals surface area contributed by atoms with Crippen LogP contribution in [0.5, 0.6) is 0 Å². The first-order valence-corrected chi connectivity index (χ1v) is 12.1. The van der Waals surface area contributed by atoms with Gasteiger partial charge in [0.15, 0.2) is 0 Å². The van der Waals surface area contributed by atoms with Crippen molar-refractivity contribution in [2.75, 3.05) is 16.1 Å². The smallest absolute Gasteiger partial charge is 0.269 e. The van der Waals surface area contributed by atoms with Gasteiger partial charge in [-0.15, -0.1) is 0 Å². The maximum atomic E-state index is 10.9. The zero-order valence-corrected chi connectivity index (χ0v) is 21.4. The molecule has 5 rings (SSSR count). The minimum atomic E-state index is -0.471. The summed E-state index contributed by atoms with van der Waals surface area (Å²) in [6.45, 7) is 0. The summed E-state index contributed by atoms with van der Waals surface area (Å²) in [5.74, 6) is 1.65. The lowest BCUT2D eigenvalue weighted by Crippen LogP contribution is -2.07. The number of nitro benzene ring substituents is 1. The minimum Gasteiger partial charge on any atom is -0.455 e. The van der Waals surface area contributed by atoms with Crippen LogP contribution in [0.1, 0.15) is 5.76 Å². The van der Waals surface area contributed by atoms with Crippen LogP contribution < -0.4 is 16.1 Å². The summed E-state index contributed by atoms with van der Waals surface area (Å²) in [4.78, 5) is 23.6. The molecule has 0 aliphatic rings. The van der Waals surface area contributed by atoms with Crippen LogP contribution in [0.4, 0.5) is 34.9 Å². The third-order valence-electron chi connectivity index (χ3n) is 5.19. The fourth-order valence-electron chi connectivity index (χ4n) is 3.36. The van der Waals surface area contributed by atoms with Gasteiger partial charge < -0.3 is 15.1 Å². The Bertz CT molecular complexity index is 1640. The molecule has 0 radical (unpaired) electrons. The van der Waals surface area contributed by atoms with Crippen LogP contribution in [0.3, 0.4) is 0 Å². The second kappa shape index (κ2) is 11.6. The predicted octanol–water partition coefficient (Wildman–Crippen LogP) is 7.28. The van der Waals surface area contributed by atoms with E-state index in [0.29, 0.717) is 27.3 Å². The zero-order valence-electron chi connectivity index (χ0n) is 19.9. The number of halogens is 2. The molecule has 0 amide bonds. The van der Waals surface area contributed by atoms with Crippen molar-refractivity contribution in [1.29, 1.82) is 0 Å². The fraction of sp³-hybridized carbons (Fsp3) is 0. The van der Waals surface area contributed by atoms with Crippen LogP contribution in [0, 0.1) is 10.1 Å². The van der Waals surface area contributed by atoms with Crippen molar-refractivity contribution in [3.8, 4) is 11.3 Å². The number of nitrogens with zero attached hydrogens (tertiary/aromatic N) is 5. The largest absolute Gasteiger partial charge is 0.455 e. The zero-order chi connectivity index (χ0) is 27.2. The molecule has 0 atom stereocenters. The number of nitrogens with one attached hydrogen (secondary N) is 3. The van der Waals surface area contributed by atoms with E-state index in [4.69, 9.17) is 27.6 Å². The monoisotopic (exact) mass is 560 g/mol. The van der Waals surface area contributed by atoms with E-state index in [1.807, 2.05) is 30.3 Å². The Morgan fingerprint density at radius 3 is 2.13 bits per heavy atom. The van der Waals surface area contributed by atoms with Crippen molar-refractivity contribution in [2.24, 2.45) is 5.10 Å². The highest BCUT2D eigenvalue weighted by Crippen LogP contribution is 2.29. The third kappa shape index (κ3) is 6.66. The van der Waals surface area contributed by atoms with Crippen molar-refractivity contribution in [3.05, 3.63) is 111 Å². The van der Waals surface area contributed by atoms with Gasteiger partial charge >= 0.3 is 0 Å². The van der Waals surface area contributed by atoms with Gasteiger partial charge in [0.2, 0.25) is 17.8 Å². The van der Waals surface area contributed by atoms with Gasteiger partial charge in [-0.1, -0.05) is 41.4 Å². The van der Waals surface area contributed by atoms with Gasteiger partial charge in [-0.3, -0.25) is 10.1 Å². The quantitative estimate of drug-likeness (QED) is 0.0961. The summed E-state index contributed by atoms with van der Waals surface area (Å²) >= 11 is 12.1. The number of hydrazone groups is 1. The van der Waals surface area contributed by atoms with E-state index in [1.165, 1.54) is 18.3 Å². The molecule has 39 heavy (non-hydrogen) atoms. The minimum absolute atomic E-state index is 0.0282. The van der Waals surface area contributed by atoms with E-state index < -0.39 is 4.92 Å². The summed E-state index contributed by atoms with van der Waals surface area (Å²) in [6, 6.07) is 24.0. The molecule has 11 nitrogen and oxygen atoms in total. The van der Waals surface area contributed by atoms with E-state index in [2.05, 4.69) is 36.1 Å². The van der Waals surface area contributed by atoms with E-state index in [1.54, 1.807) is 42.5 Å². The summed E-state index contributed by atoms with van der Waals surface area (Å²) in [5, 5.41) is 22.1. The van der Waals surface area contributed by atoms with Crippen molar-refractivity contribution in [2.45, 2.75) is 0 Å². The predicted molar refractivity (Wildman–Crippen MR) is 151 cm³/mol. The molecular formula is C26H18Cl2N8O3. The number of hydrogen-bond donors (Lipinski definition) is 3. The average molecular weight is 561 g/mol. The number of furan rings is 1. The van der Waals surface area contributed by atoms with Crippen LogP contribution in [0.25, 0.3) is 11.3 Å². The highest BCUT2D eigenvalue weighted by atomic mass is 35.5. The van der Waals surface area contributed by atoms with Gasteiger partial charge in [0.25, 0.3) is 5.69 Å². The molecule has 0 aliphatic carbocycles. The molecule has 2 heterocycles. The maximum Gasteiger partial charge on any atom is 0.269 e. The van der Waals surface area contributed by atoms with Crippen LogP contribution >= 0.6 is 23.2 Å². The number of non-ortho nitro benzene ring substituents is 1. The number of anilines is 5. The van der Waals surface area contributed by atoms with Crippen LogP contribution in [0.2, 0.25) is 10.0 Å². The second-order valence-corrected chi connectivity index (χ2v) is 8.74. The molecule has 3 N–H and O–H groups in total. The molecule has 5 aromatic rings. The SMILES string of the molecule is O=[N+]([O-])c1ccc(Nc2nc(NN=Cc3ccc(-c4ccc(Cl)c(Cl)c4)o3)nc(Nc3ccccc3)n2)cc1. The first kappa shape index (κ1) is 25.6. The third-order valence-corrected chi connectivity index (χ3v) is 5.93. The molecule has 194 valence electrons. The highest BCUT2D eigenvalue weighted by Gasteiger charge is 2.10. The Labute approximate surface area is 231 Å². The van der Waals surface area contributed by atoms with E-state index in [-0.39, 0.29) is 23.5 Å². The second-order valence-electron chi connectivity index (χ2n) is 7.93. The number of benzene rings is 3. The highest BCUT2D eigenvalue weighted by molar-refractivity contribution is 6.42. The summed E-state index contributed by atoms with van der Waals surface area (Å²) in [7, 11) is 0. The molecule has 0 unspecified atom stereocenters. The van der Waals surface area contributed by atoms with Gasteiger partial charge in [-0.2, -0.15) is 20.1 Å². The molecule has 3 aromatic carbocycles. The lowest BCUT2D eigenvalue weighted by atomic mass is 10.2. The molecule has 2 aromatic heterocycles. The number of hydrogen-bond acceptors (Lipinski definition) is 10. The molecule has 0 aliphatic heterocycles. The fourth-order valence-corrected chi connectivity index (χ4v) is 3.66. The van der Waals surface area contributed by atoms with Gasteiger partial charge in [-0.05, 0) is 54.6 Å². The van der Waals surface area contributed by atoms with Crippen LogP contribution in [0.15, 0.2) is 94.4 Å². The molecule has 0 spiro atoms. The normalized spacial score (nSPS) is 10.9. The number of aromatic nitrogens is 3. The Morgan fingerprint density at radius 2 is 1.46 bits per heavy atom. The summed E-state index contributed by atoms with van der Waals surface area (Å²) in [6.07, 6.45) is 1.47. The number of rotatable bonds is 9. The molecular weight excluding hydrogens is 543 g/mol. The Kier molecular flexibility index (Phi) is 7.62. The van der Waals surface area contributed by atoms with Crippen LogP contribution in [-0.4, -0.2) is 26.1 Å². The number of nitro groups is 1. The van der Waals surface area contributed by atoms with E-state index in [9.17, 15) is 10.1 Å². The van der Waals surface area contributed by atoms with Crippen molar-refractivity contribution in [3.63, 3.8) is 0 Å². The Morgan fingerprint density at radius 1 is 0.795 bits per heavy atom. The van der Waals surface area contributed by atoms with Gasteiger partial charge in [0.05, 0.1) is 21.2 Å².